The summed E-state index contributed by atoms with van der Waals surface area (Å²) in [6, 6.07) is 5.45. The van der Waals surface area contributed by atoms with Gasteiger partial charge in [-0.05, 0) is 19.1 Å². The van der Waals surface area contributed by atoms with Crippen LogP contribution in [0.4, 0.5) is 0 Å². The zero-order valence-corrected chi connectivity index (χ0v) is 9.38. The summed E-state index contributed by atoms with van der Waals surface area (Å²) >= 11 is 5.52. The molecule has 1 aromatic rings. The quantitative estimate of drug-likeness (QED) is 0.437. The Labute approximate surface area is 94.5 Å². The lowest BCUT2D eigenvalue weighted by Gasteiger charge is -2.09. The maximum Gasteiger partial charge on any atom is 0.181 e. The van der Waals surface area contributed by atoms with Crippen molar-refractivity contribution < 1.29 is 9.53 Å². The number of carbonyl (C=O) groups excluding carboxylic acids is 1. The number of halogens is 1. The van der Waals surface area contributed by atoms with E-state index in [4.69, 9.17) is 16.3 Å². The molecule has 0 atom stereocenters. The zero-order chi connectivity index (χ0) is 11.3. The molecule has 0 aromatic heterocycles. The number of aryl methyl sites for hydroxylation is 1. The second kappa shape index (κ2) is 5.56. The summed E-state index contributed by atoms with van der Waals surface area (Å²) in [7, 11) is 0. The lowest BCUT2D eigenvalue weighted by molar-refractivity contribution is 0.101. The van der Waals surface area contributed by atoms with Crippen LogP contribution in [0, 0.1) is 6.92 Å². The molecule has 0 fully saturated rings. The highest BCUT2D eigenvalue weighted by Crippen LogP contribution is 2.21. The zero-order valence-electron chi connectivity index (χ0n) is 8.63. The summed E-state index contributed by atoms with van der Waals surface area (Å²) in [5.74, 6) is 0.402. The van der Waals surface area contributed by atoms with Crippen LogP contribution in [-0.4, -0.2) is 18.3 Å². The van der Waals surface area contributed by atoms with Crippen LogP contribution >= 0.6 is 11.6 Å². The average Bonchev–Trinajstić information content (AvgIpc) is 2.26. The highest BCUT2D eigenvalue weighted by atomic mass is 35.5. The first-order valence-electron chi connectivity index (χ1n) is 4.62. The van der Waals surface area contributed by atoms with Crippen molar-refractivity contribution in [3.63, 3.8) is 0 Å². The summed E-state index contributed by atoms with van der Waals surface area (Å²) < 4.78 is 5.37. The molecule has 0 unspecified atom stereocenters. The minimum atomic E-state index is -0.126. The van der Waals surface area contributed by atoms with E-state index in [-0.39, 0.29) is 11.7 Å². The molecule has 0 spiro atoms. The van der Waals surface area contributed by atoms with E-state index >= 15 is 0 Å². The molecule has 0 radical (unpaired) electrons. The molecule has 80 valence electrons. The van der Waals surface area contributed by atoms with Crippen molar-refractivity contribution in [1.29, 1.82) is 0 Å². The van der Waals surface area contributed by atoms with Crippen LogP contribution in [0.25, 0.3) is 0 Å². The van der Waals surface area contributed by atoms with E-state index in [0.717, 1.165) is 5.56 Å². The van der Waals surface area contributed by atoms with Gasteiger partial charge in [-0.25, -0.2) is 0 Å². The number of rotatable bonds is 5. The number of hydrogen-bond donors (Lipinski definition) is 0. The van der Waals surface area contributed by atoms with E-state index in [1.807, 2.05) is 13.0 Å². The maximum absolute atomic E-state index is 11.5. The second-order valence-electron chi connectivity index (χ2n) is 3.16. The number of ketones is 1. The average molecular weight is 225 g/mol. The number of alkyl halides is 1. The van der Waals surface area contributed by atoms with Gasteiger partial charge in [0.2, 0.25) is 0 Å². The largest absolute Gasteiger partial charge is 0.489 e. The molecule has 2 nitrogen and oxygen atoms in total. The van der Waals surface area contributed by atoms with Gasteiger partial charge in [-0.15, -0.1) is 11.6 Å². The van der Waals surface area contributed by atoms with Gasteiger partial charge in [-0.3, -0.25) is 4.79 Å². The van der Waals surface area contributed by atoms with Crippen LogP contribution in [0.5, 0.6) is 5.75 Å². The molecule has 15 heavy (non-hydrogen) atoms. The van der Waals surface area contributed by atoms with Crippen molar-refractivity contribution in [2.45, 2.75) is 6.92 Å². The fraction of sp³-hybridized carbons (Fsp3) is 0.250. The van der Waals surface area contributed by atoms with Gasteiger partial charge in [0, 0.05) is 0 Å². The van der Waals surface area contributed by atoms with Crippen molar-refractivity contribution in [2.75, 3.05) is 12.5 Å². The van der Waals surface area contributed by atoms with Gasteiger partial charge in [0.25, 0.3) is 0 Å². The third kappa shape index (κ3) is 3.10. The van der Waals surface area contributed by atoms with E-state index in [1.165, 1.54) is 0 Å². The SMILES string of the molecule is C=CCOc1ccc(C)cc1C(=O)CCl. The summed E-state index contributed by atoms with van der Waals surface area (Å²) in [6.07, 6.45) is 1.63. The van der Waals surface area contributed by atoms with Crippen LogP contribution in [-0.2, 0) is 0 Å². The monoisotopic (exact) mass is 224 g/mol. The van der Waals surface area contributed by atoms with Gasteiger partial charge in [0.1, 0.15) is 12.4 Å². The van der Waals surface area contributed by atoms with Gasteiger partial charge in [0.15, 0.2) is 5.78 Å². The Morgan fingerprint density at radius 2 is 2.33 bits per heavy atom. The molecule has 0 heterocycles. The van der Waals surface area contributed by atoms with Crippen LogP contribution in [0.2, 0.25) is 0 Å². The number of Topliss-reactive ketones (excluding diaryl/α,β-unsaturated/α-hetero) is 1. The van der Waals surface area contributed by atoms with E-state index in [0.29, 0.717) is 17.9 Å². The molecule has 0 saturated heterocycles. The fourth-order valence-corrected chi connectivity index (χ4v) is 1.35. The molecule has 0 bridgehead atoms. The number of hydrogen-bond acceptors (Lipinski definition) is 2. The van der Waals surface area contributed by atoms with Gasteiger partial charge >= 0.3 is 0 Å². The third-order valence-corrected chi connectivity index (χ3v) is 2.16. The third-order valence-electron chi connectivity index (χ3n) is 1.91. The summed E-state index contributed by atoms with van der Waals surface area (Å²) in [4.78, 5) is 11.5. The molecule has 0 aliphatic rings. The van der Waals surface area contributed by atoms with Crippen molar-refractivity contribution in [2.24, 2.45) is 0 Å². The van der Waals surface area contributed by atoms with Gasteiger partial charge in [0.05, 0.1) is 11.4 Å². The van der Waals surface area contributed by atoms with Crippen molar-refractivity contribution in [3.8, 4) is 5.75 Å². The Kier molecular flexibility index (Phi) is 4.37. The van der Waals surface area contributed by atoms with Crippen LogP contribution in [0.1, 0.15) is 15.9 Å². The molecular weight excluding hydrogens is 212 g/mol. The summed E-state index contributed by atoms with van der Waals surface area (Å²) in [6.45, 7) is 5.85. The van der Waals surface area contributed by atoms with Crippen LogP contribution in [0.15, 0.2) is 30.9 Å². The Balaban J connectivity index is 3.02. The van der Waals surface area contributed by atoms with E-state index < -0.39 is 0 Å². The smallest absolute Gasteiger partial charge is 0.181 e. The van der Waals surface area contributed by atoms with Crippen molar-refractivity contribution in [3.05, 3.63) is 42.0 Å². The molecule has 0 aliphatic heterocycles. The molecule has 0 amide bonds. The van der Waals surface area contributed by atoms with E-state index in [1.54, 1.807) is 18.2 Å². The van der Waals surface area contributed by atoms with E-state index in [9.17, 15) is 4.79 Å². The standard InChI is InChI=1S/C12H13ClO2/c1-3-6-15-12-5-4-9(2)7-10(12)11(14)8-13/h3-5,7H,1,6,8H2,2H3. The fourth-order valence-electron chi connectivity index (χ4n) is 1.21. The first kappa shape index (κ1) is 11.8. The summed E-state index contributed by atoms with van der Waals surface area (Å²) in [5.41, 5.74) is 1.54. The highest BCUT2D eigenvalue weighted by molar-refractivity contribution is 6.30. The number of carbonyl (C=O) groups is 1. The molecule has 3 heteroatoms. The molecule has 1 rings (SSSR count). The minimum absolute atomic E-state index is 0.0338. The van der Waals surface area contributed by atoms with Crippen molar-refractivity contribution in [1.82, 2.24) is 0 Å². The molecule has 0 aliphatic carbocycles. The highest BCUT2D eigenvalue weighted by Gasteiger charge is 2.11. The van der Waals surface area contributed by atoms with Crippen LogP contribution in [0.3, 0.4) is 0 Å². The predicted octanol–water partition coefficient (Wildman–Crippen LogP) is 2.98. The van der Waals surface area contributed by atoms with Gasteiger partial charge < -0.3 is 4.74 Å². The molecule has 1 aromatic carbocycles. The van der Waals surface area contributed by atoms with Gasteiger partial charge in [-0.2, -0.15) is 0 Å². The Morgan fingerprint density at radius 1 is 1.60 bits per heavy atom. The predicted molar refractivity (Wildman–Crippen MR) is 61.9 cm³/mol. The van der Waals surface area contributed by atoms with Gasteiger partial charge in [-0.1, -0.05) is 24.3 Å². The normalized spacial score (nSPS) is 9.73. The lowest BCUT2D eigenvalue weighted by Crippen LogP contribution is -2.05. The topological polar surface area (TPSA) is 26.3 Å². The van der Waals surface area contributed by atoms with Crippen molar-refractivity contribution >= 4 is 17.4 Å². The first-order valence-corrected chi connectivity index (χ1v) is 5.16. The Bertz CT molecular complexity index is 372. The molecular formula is C12H13ClO2. The minimum Gasteiger partial charge on any atom is -0.489 e. The molecule has 0 N–H and O–H groups in total. The Hall–Kier alpha value is -1.28. The second-order valence-corrected chi connectivity index (χ2v) is 3.42. The summed E-state index contributed by atoms with van der Waals surface area (Å²) in [5, 5.41) is 0. The molecule has 0 saturated carbocycles. The number of ether oxygens (including phenoxy) is 1. The lowest BCUT2D eigenvalue weighted by atomic mass is 10.1. The maximum atomic E-state index is 11.5. The first-order chi connectivity index (χ1) is 7.19. The number of benzene rings is 1. The van der Waals surface area contributed by atoms with E-state index in [2.05, 4.69) is 6.58 Å². The van der Waals surface area contributed by atoms with Crippen LogP contribution < -0.4 is 4.74 Å². The Morgan fingerprint density at radius 3 is 2.93 bits per heavy atom.